The van der Waals surface area contributed by atoms with Crippen LogP contribution in [-0.2, 0) is 17.6 Å². The molecule has 2 aromatic carbocycles. The molecule has 0 N–H and O–H groups in total. The Balaban J connectivity index is 1.41. The van der Waals surface area contributed by atoms with Crippen molar-refractivity contribution in [1.29, 1.82) is 0 Å². The predicted molar refractivity (Wildman–Crippen MR) is 111 cm³/mol. The normalized spacial score (nSPS) is 16.4. The van der Waals surface area contributed by atoms with Crippen LogP contribution in [0.1, 0.15) is 35.2 Å². The van der Waals surface area contributed by atoms with Crippen LogP contribution in [0.5, 0.6) is 5.75 Å². The minimum Gasteiger partial charge on any atom is -0.497 e. The molecule has 0 radical (unpaired) electrons. The van der Waals surface area contributed by atoms with E-state index in [2.05, 4.69) is 10.1 Å². The van der Waals surface area contributed by atoms with E-state index in [9.17, 15) is 4.79 Å². The molecule has 0 aliphatic carbocycles. The van der Waals surface area contributed by atoms with Gasteiger partial charge in [-0.3, -0.25) is 4.79 Å². The van der Waals surface area contributed by atoms with Gasteiger partial charge in [0, 0.05) is 36.0 Å². The van der Waals surface area contributed by atoms with Crippen molar-refractivity contribution in [3.63, 3.8) is 0 Å². The summed E-state index contributed by atoms with van der Waals surface area (Å²) in [5.74, 6) is 1.97. The van der Waals surface area contributed by atoms with E-state index in [-0.39, 0.29) is 11.8 Å². The van der Waals surface area contributed by atoms with Gasteiger partial charge in [0.1, 0.15) is 5.75 Å². The first-order chi connectivity index (χ1) is 14.0. The Morgan fingerprint density at radius 3 is 2.76 bits per heavy atom. The fraction of sp³-hybridized carbons (Fsp3) is 0.318. The summed E-state index contributed by atoms with van der Waals surface area (Å²) in [4.78, 5) is 18.9. The van der Waals surface area contributed by atoms with Crippen molar-refractivity contribution in [2.75, 3.05) is 18.6 Å². The third kappa shape index (κ3) is 4.12. The SMILES string of the molecule is COc1ccc(CCc2nc(C3CC(=O)N(c4cccc(Cl)c4C)C3)no2)cc1. The summed E-state index contributed by atoms with van der Waals surface area (Å²) in [6, 6.07) is 13.5. The number of aromatic nitrogens is 2. The van der Waals surface area contributed by atoms with Crippen molar-refractivity contribution in [3.05, 3.63) is 70.3 Å². The molecule has 1 atom stereocenters. The van der Waals surface area contributed by atoms with E-state index >= 15 is 0 Å². The molecule has 1 saturated heterocycles. The number of hydrogen-bond acceptors (Lipinski definition) is 5. The minimum atomic E-state index is -0.0839. The quantitative estimate of drug-likeness (QED) is 0.603. The van der Waals surface area contributed by atoms with Crippen LogP contribution in [0.4, 0.5) is 5.69 Å². The average molecular weight is 412 g/mol. The van der Waals surface area contributed by atoms with Crippen LogP contribution in [-0.4, -0.2) is 29.7 Å². The summed E-state index contributed by atoms with van der Waals surface area (Å²) in [6.45, 7) is 2.45. The summed E-state index contributed by atoms with van der Waals surface area (Å²) in [7, 11) is 1.65. The molecule has 1 aromatic heterocycles. The van der Waals surface area contributed by atoms with Gasteiger partial charge in [0.2, 0.25) is 11.8 Å². The molecule has 2 heterocycles. The second kappa shape index (κ2) is 8.25. The fourth-order valence-corrected chi connectivity index (χ4v) is 3.75. The highest BCUT2D eigenvalue weighted by Crippen LogP contribution is 2.34. The molecular weight excluding hydrogens is 390 g/mol. The number of rotatable bonds is 6. The fourth-order valence-electron chi connectivity index (χ4n) is 3.58. The maximum atomic E-state index is 12.6. The number of benzene rings is 2. The van der Waals surface area contributed by atoms with E-state index in [4.69, 9.17) is 20.9 Å². The molecule has 7 heteroatoms. The van der Waals surface area contributed by atoms with Crippen LogP contribution < -0.4 is 9.64 Å². The Hall–Kier alpha value is -2.86. The molecular formula is C22H22ClN3O3. The second-order valence-corrected chi connectivity index (χ2v) is 7.59. The van der Waals surface area contributed by atoms with Gasteiger partial charge < -0.3 is 14.2 Å². The van der Waals surface area contributed by atoms with Gasteiger partial charge in [-0.2, -0.15) is 4.98 Å². The van der Waals surface area contributed by atoms with Crippen LogP contribution in [0.25, 0.3) is 0 Å². The molecule has 1 amide bonds. The Morgan fingerprint density at radius 2 is 2.00 bits per heavy atom. The van der Waals surface area contributed by atoms with E-state index in [0.29, 0.717) is 36.1 Å². The Morgan fingerprint density at radius 1 is 1.21 bits per heavy atom. The number of aryl methyl sites for hydroxylation is 2. The molecule has 0 spiro atoms. The van der Waals surface area contributed by atoms with Gasteiger partial charge in [0.25, 0.3) is 0 Å². The summed E-state index contributed by atoms with van der Waals surface area (Å²) in [6.07, 6.45) is 1.81. The van der Waals surface area contributed by atoms with Gasteiger partial charge in [0.15, 0.2) is 5.82 Å². The molecule has 1 aliphatic rings. The summed E-state index contributed by atoms with van der Waals surface area (Å²) in [5, 5.41) is 4.78. The summed E-state index contributed by atoms with van der Waals surface area (Å²) < 4.78 is 10.6. The Kier molecular flexibility index (Phi) is 5.53. The van der Waals surface area contributed by atoms with Gasteiger partial charge >= 0.3 is 0 Å². The highest BCUT2D eigenvalue weighted by Gasteiger charge is 2.35. The molecule has 3 aromatic rings. The first kappa shape index (κ1) is 19.5. The van der Waals surface area contributed by atoms with Crippen molar-refractivity contribution in [1.82, 2.24) is 10.1 Å². The van der Waals surface area contributed by atoms with Crippen LogP contribution >= 0.6 is 11.6 Å². The van der Waals surface area contributed by atoms with E-state index in [1.54, 1.807) is 12.0 Å². The first-order valence-corrected chi connectivity index (χ1v) is 9.94. The smallest absolute Gasteiger partial charge is 0.227 e. The molecule has 0 saturated carbocycles. The summed E-state index contributed by atoms with van der Waals surface area (Å²) >= 11 is 6.21. The number of halogens is 1. The monoisotopic (exact) mass is 411 g/mol. The van der Waals surface area contributed by atoms with Crippen molar-refractivity contribution >= 4 is 23.2 Å². The topological polar surface area (TPSA) is 68.5 Å². The van der Waals surface area contributed by atoms with Crippen LogP contribution in [0, 0.1) is 6.92 Å². The maximum absolute atomic E-state index is 12.6. The summed E-state index contributed by atoms with van der Waals surface area (Å²) in [5.41, 5.74) is 2.91. The minimum absolute atomic E-state index is 0.0462. The largest absolute Gasteiger partial charge is 0.497 e. The molecule has 4 rings (SSSR count). The number of carbonyl (C=O) groups is 1. The number of hydrogen-bond donors (Lipinski definition) is 0. The number of methoxy groups -OCH3 is 1. The molecule has 150 valence electrons. The van der Waals surface area contributed by atoms with Crippen molar-refractivity contribution < 1.29 is 14.1 Å². The Bertz CT molecular complexity index is 1020. The maximum Gasteiger partial charge on any atom is 0.227 e. The van der Waals surface area contributed by atoms with Crippen molar-refractivity contribution in [2.45, 2.75) is 32.1 Å². The standard InChI is InChI=1S/C22H22ClN3O3/c1-14-18(23)4-3-5-19(14)26-13-16(12-21(26)27)22-24-20(29-25-22)11-8-15-6-9-17(28-2)10-7-15/h3-7,9-10,16H,8,11-13H2,1-2H3. The van der Waals surface area contributed by atoms with E-state index in [1.807, 2.05) is 49.4 Å². The van der Waals surface area contributed by atoms with E-state index in [1.165, 1.54) is 5.56 Å². The zero-order valence-corrected chi connectivity index (χ0v) is 17.1. The zero-order valence-electron chi connectivity index (χ0n) is 16.4. The van der Waals surface area contributed by atoms with Gasteiger partial charge in [0.05, 0.1) is 7.11 Å². The van der Waals surface area contributed by atoms with Gasteiger partial charge in [-0.25, -0.2) is 0 Å². The highest BCUT2D eigenvalue weighted by molar-refractivity contribution is 6.31. The van der Waals surface area contributed by atoms with Crippen LogP contribution in [0.15, 0.2) is 47.0 Å². The number of ether oxygens (including phenoxy) is 1. The zero-order chi connectivity index (χ0) is 20.4. The second-order valence-electron chi connectivity index (χ2n) is 7.18. The lowest BCUT2D eigenvalue weighted by Gasteiger charge is -2.19. The van der Waals surface area contributed by atoms with Crippen molar-refractivity contribution in [3.8, 4) is 5.75 Å². The van der Waals surface area contributed by atoms with Gasteiger partial charge in [-0.05, 0) is 48.7 Å². The average Bonchev–Trinajstić information content (AvgIpc) is 3.35. The van der Waals surface area contributed by atoms with Crippen LogP contribution in [0.3, 0.4) is 0 Å². The number of anilines is 1. The predicted octanol–water partition coefficient (Wildman–Crippen LogP) is 4.35. The molecule has 1 fully saturated rings. The third-order valence-electron chi connectivity index (χ3n) is 5.29. The third-order valence-corrected chi connectivity index (χ3v) is 5.70. The number of nitrogens with zero attached hydrogens (tertiary/aromatic N) is 3. The first-order valence-electron chi connectivity index (χ1n) is 9.56. The number of amides is 1. The highest BCUT2D eigenvalue weighted by atomic mass is 35.5. The molecule has 0 bridgehead atoms. The molecule has 29 heavy (non-hydrogen) atoms. The van der Waals surface area contributed by atoms with Crippen LogP contribution in [0.2, 0.25) is 5.02 Å². The lowest BCUT2D eigenvalue weighted by Crippen LogP contribution is -2.25. The van der Waals surface area contributed by atoms with E-state index in [0.717, 1.165) is 23.4 Å². The Labute approximate surface area is 174 Å². The van der Waals surface area contributed by atoms with Gasteiger partial charge in [-0.15, -0.1) is 0 Å². The molecule has 1 unspecified atom stereocenters. The van der Waals surface area contributed by atoms with E-state index < -0.39 is 0 Å². The molecule has 1 aliphatic heterocycles. The van der Waals surface area contributed by atoms with Gasteiger partial charge in [-0.1, -0.05) is 35.0 Å². The number of carbonyl (C=O) groups excluding carboxylic acids is 1. The lowest BCUT2D eigenvalue weighted by molar-refractivity contribution is -0.117. The molecule has 6 nitrogen and oxygen atoms in total. The lowest BCUT2D eigenvalue weighted by atomic mass is 10.1. The van der Waals surface area contributed by atoms with Crippen molar-refractivity contribution in [2.24, 2.45) is 0 Å².